The van der Waals surface area contributed by atoms with Gasteiger partial charge in [-0.3, -0.25) is 4.57 Å². The van der Waals surface area contributed by atoms with Crippen molar-refractivity contribution in [2.24, 2.45) is 5.73 Å². The van der Waals surface area contributed by atoms with E-state index in [9.17, 15) is 24.4 Å². The van der Waals surface area contributed by atoms with Crippen molar-refractivity contribution in [1.82, 2.24) is 0 Å². The Labute approximate surface area is 165 Å². The normalized spacial score (nSPS) is 26.6. The molecule has 1 aliphatic heterocycles. The van der Waals surface area contributed by atoms with Crippen LogP contribution in [0.3, 0.4) is 0 Å². The largest absolute Gasteiger partial charge is 0.388 e. The van der Waals surface area contributed by atoms with Gasteiger partial charge in [0.2, 0.25) is 0 Å². The molecule has 0 aliphatic carbocycles. The number of hydrogen-bond acceptors (Lipinski definition) is 12. The van der Waals surface area contributed by atoms with Crippen LogP contribution < -0.4 is 10.3 Å². The average Bonchev–Trinajstić information content (AvgIpc) is 2.99. The number of aliphatic hydroxyl groups excluding tert-OH is 2. The van der Waals surface area contributed by atoms with Crippen LogP contribution in [0.15, 0.2) is 24.5 Å². The molecule has 2 rings (SSSR count). The maximum Gasteiger partial charge on any atom is 0.351 e. The Morgan fingerprint density at radius 3 is 2.75 bits per heavy atom. The second-order valence-corrected chi connectivity index (χ2v) is 7.07. The van der Waals surface area contributed by atoms with Crippen molar-refractivity contribution in [2.45, 2.75) is 30.6 Å². The molecule has 1 aliphatic rings. The van der Waals surface area contributed by atoms with Crippen LogP contribution in [-0.2, 0) is 28.0 Å². The van der Waals surface area contributed by atoms with Gasteiger partial charge in [0, 0.05) is 11.8 Å². The summed E-state index contributed by atoms with van der Waals surface area (Å²) in [6.45, 7) is -0.425. The van der Waals surface area contributed by atoms with Gasteiger partial charge in [-0.2, -0.15) is 21.9 Å². The van der Waals surface area contributed by atoms with Crippen LogP contribution in [0.2, 0.25) is 0 Å². The third-order valence-electron chi connectivity index (χ3n) is 3.82. The Morgan fingerprint density at radius 2 is 2.11 bits per heavy atom. The fourth-order valence-electron chi connectivity index (χ4n) is 2.36. The zero-order chi connectivity index (χ0) is 20.8. The Balaban J connectivity index is 2.09. The van der Waals surface area contributed by atoms with Crippen LogP contribution in [0.1, 0.15) is 16.6 Å². The van der Waals surface area contributed by atoms with Gasteiger partial charge in [0.1, 0.15) is 23.8 Å². The summed E-state index contributed by atoms with van der Waals surface area (Å²) in [5.74, 6) is -1.91. The number of nitrogens with zero attached hydrogens (tertiary/aromatic N) is 1. The number of rotatable bonds is 8. The van der Waals surface area contributed by atoms with Gasteiger partial charge in [0.25, 0.3) is 6.23 Å². The van der Waals surface area contributed by atoms with Gasteiger partial charge in [-0.1, -0.05) is 0 Å². The van der Waals surface area contributed by atoms with Crippen molar-refractivity contribution in [2.75, 3.05) is 12.4 Å². The summed E-state index contributed by atoms with van der Waals surface area (Å²) in [5, 5.41) is 28.4. The van der Waals surface area contributed by atoms with Gasteiger partial charge in [0.15, 0.2) is 18.5 Å². The summed E-state index contributed by atoms with van der Waals surface area (Å²) in [6, 6.07) is 1.74. The van der Waals surface area contributed by atoms with Crippen LogP contribution in [0, 0.1) is 0 Å². The molecule has 5 N–H and O–H groups in total. The summed E-state index contributed by atoms with van der Waals surface area (Å²) < 4.78 is 30.5. The molecule has 0 saturated carbocycles. The van der Waals surface area contributed by atoms with Gasteiger partial charge >= 0.3 is 20.2 Å². The number of esters is 2. The Bertz CT molecular complexity index is 738. The molecule has 14 heteroatoms. The van der Waals surface area contributed by atoms with Crippen molar-refractivity contribution in [3.63, 3.8) is 0 Å². The molecule has 0 radical (unpaired) electrons. The first kappa shape index (κ1) is 22.9. The molecule has 12 nitrogen and oxygen atoms in total. The molecule has 1 aromatic rings. The van der Waals surface area contributed by atoms with E-state index in [1.54, 1.807) is 0 Å². The number of hydrogen-bond donors (Lipinski definition) is 5. The number of carbonyl (C=O) groups is 2. The lowest BCUT2D eigenvalue weighted by Crippen LogP contribution is -2.46. The summed E-state index contributed by atoms with van der Waals surface area (Å²) in [4.78, 5) is 23.7. The van der Waals surface area contributed by atoms with Gasteiger partial charge < -0.3 is 29.9 Å². The minimum Gasteiger partial charge on any atom is -0.388 e. The van der Waals surface area contributed by atoms with Crippen molar-refractivity contribution >= 4 is 32.8 Å². The molecule has 1 aromatic heterocycles. The standard InChI is InChI=1S/C14H19N2O10PS/c15-8(6-28)14(20)25-13(19)7-2-1-3-16(4-7)12-11(18)10(17)9(24-12)5-23-27(22)26-21/h1-4,8-12,17-18,27H,5-6,15H2,(H-,21,28)/p+1/t8-,9+,10+,11+,12+/m0/s1. The van der Waals surface area contributed by atoms with E-state index in [0.29, 0.717) is 0 Å². The molecule has 0 spiro atoms. The number of aromatic nitrogens is 1. The highest BCUT2D eigenvalue weighted by atomic mass is 32.1. The molecule has 6 atom stereocenters. The summed E-state index contributed by atoms with van der Waals surface area (Å²) in [5.41, 5.74) is 5.40. The first-order chi connectivity index (χ1) is 13.3. The van der Waals surface area contributed by atoms with Crippen LogP contribution in [-0.4, -0.2) is 64.1 Å². The van der Waals surface area contributed by atoms with E-state index in [-0.39, 0.29) is 11.3 Å². The summed E-state index contributed by atoms with van der Waals surface area (Å²) in [6.07, 6.45) is -2.34. The molecule has 28 heavy (non-hydrogen) atoms. The van der Waals surface area contributed by atoms with E-state index in [0.717, 1.165) is 0 Å². The SMILES string of the molecule is N[C@@H](CS)C(=O)OC(=O)c1ccc[n+]([C@@H]2O[C@H](CO[PH](=O)OO)[C@@H](O)[C@H]2O)c1. The Morgan fingerprint density at radius 1 is 1.39 bits per heavy atom. The van der Waals surface area contributed by atoms with Crippen molar-refractivity contribution < 1.29 is 52.9 Å². The zero-order valence-electron chi connectivity index (χ0n) is 14.3. The maximum atomic E-state index is 12.1. The molecule has 0 amide bonds. The van der Waals surface area contributed by atoms with E-state index in [1.807, 2.05) is 0 Å². The number of aliphatic hydroxyl groups is 2. The molecular weight excluding hydrogens is 419 g/mol. The minimum absolute atomic E-state index is 0.00199. The first-order valence-electron chi connectivity index (χ1n) is 7.91. The Kier molecular flexibility index (Phi) is 8.49. The molecule has 156 valence electrons. The van der Waals surface area contributed by atoms with Crippen LogP contribution >= 0.6 is 20.9 Å². The van der Waals surface area contributed by atoms with Crippen LogP contribution in [0.5, 0.6) is 0 Å². The van der Waals surface area contributed by atoms with Gasteiger partial charge in [-0.15, -0.1) is 0 Å². The highest BCUT2D eigenvalue weighted by Gasteiger charge is 2.48. The zero-order valence-corrected chi connectivity index (χ0v) is 16.2. The van der Waals surface area contributed by atoms with Gasteiger partial charge in [-0.25, -0.2) is 14.8 Å². The quantitative estimate of drug-likeness (QED) is 0.0601. The fourth-order valence-corrected chi connectivity index (χ4v) is 2.86. The lowest BCUT2D eigenvalue weighted by molar-refractivity contribution is -0.765. The summed E-state index contributed by atoms with van der Waals surface area (Å²) >= 11 is 3.84. The molecular formula is C14H20N2O10PS+. The lowest BCUT2D eigenvalue weighted by atomic mass is 10.1. The highest BCUT2D eigenvalue weighted by molar-refractivity contribution is 7.80. The number of thiol groups is 1. The molecule has 2 heterocycles. The van der Waals surface area contributed by atoms with Crippen LogP contribution in [0.4, 0.5) is 0 Å². The van der Waals surface area contributed by atoms with E-state index >= 15 is 0 Å². The van der Waals surface area contributed by atoms with Gasteiger partial charge in [0.05, 0.1) is 6.61 Å². The molecule has 0 aromatic carbocycles. The predicted molar refractivity (Wildman–Crippen MR) is 93.5 cm³/mol. The first-order valence-corrected chi connectivity index (χ1v) is 9.77. The molecule has 1 unspecified atom stereocenters. The molecule has 1 fully saturated rings. The number of ether oxygens (including phenoxy) is 2. The fraction of sp³-hybridized carbons (Fsp3) is 0.500. The topological polar surface area (TPSA) is 179 Å². The van der Waals surface area contributed by atoms with Gasteiger partial charge in [-0.05, 0) is 6.07 Å². The number of carbonyl (C=O) groups excluding carboxylic acids is 2. The monoisotopic (exact) mass is 439 g/mol. The maximum absolute atomic E-state index is 12.1. The number of pyridine rings is 1. The Hall–Kier alpha value is -1.41. The second kappa shape index (κ2) is 10.4. The van der Waals surface area contributed by atoms with E-state index in [2.05, 4.69) is 26.6 Å². The number of nitrogens with two attached hydrogens (primary N) is 1. The second-order valence-electron chi connectivity index (χ2n) is 5.74. The lowest BCUT2D eigenvalue weighted by Gasteiger charge is -2.12. The minimum atomic E-state index is -3.16. The molecule has 0 bridgehead atoms. The van der Waals surface area contributed by atoms with Crippen molar-refractivity contribution in [1.29, 1.82) is 0 Å². The third-order valence-corrected chi connectivity index (χ3v) is 4.77. The summed E-state index contributed by atoms with van der Waals surface area (Å²) in [7, 11) is -3.16. The molecule has 1 saturated heterocycles. The third kappa shape index (κ3) is 5.56. The van der Waals surface area contributed by atoms with E-state index < -0.39 is 57.4 Å². The average molecular weight is 439 g/mol. The van der Waals surface area contributed by atoms with Crippen LogP contribution in [0.25, 0.3) is 0 Å². The van der Waals surface area contributed by atoms with Crippen molar-refractivity contribution in [3.8, 4) is 0 Å². The predicted octanol–water partition coefficient (Wildman–Crippen LogP) is -1.57. The van der Waals surface area contributed by atoms with Crippen molar-refractivity contribution in [3.05, 3.63) is 30.1 Å². The van der Waals surface area contributed by atoms with E-state index in [1.165, 1.54) is 29.1 Å². The van der Waals surface area contributed by atoms with E-state index in [4.69, 9.17) is 15.7 Å². The smallest absolute Gasteiger partial charge is 0.351 e. The highest BCUT2D eigenvalue weighted by Crippen LogP contribution is 2.29.